The molecule has 0 aliphatic carbocycles. The van der Waals surface area contributed by atoms with Gasteiger partial charge in [0.15, 0.2) is 0 Å². The molecule has 0 radical (unpaired) electrons. The van der Waals surface area contributed by atoms with Crippen molar-refractivity contribution in [1.82, 2.24) is 0 Å². The molecule has 0 fully saturated rings. The number of rotatable bonds is 5. The average Bonchev–Trinajstić information content (AvgIpc) is 2.45. The molecule has 21 heavy (non-hydrogen) atoms. The Bertz CT molecular complexity index is 632. The minimum absolute atomic E-state index is 0.0667. The van der Waals surface area contributed by atoms with Crippen molar-refractivity contribution in [1.29, 1.82) is 0 Å². The Morgan fingerprint density at radius 1 is 1.10 bits per heavy atom. The lowest BCUT2D eigenvalue weighted by atomic mass is 10.3. The molecule has 0 unspecified atom stereocenters. The average molecular weight is 388 g/mol. The third-order valence-electron chi connectivity index (χ3n) is 2.72. The molecule has 3 nitrogen and oxygen atoms in total. The van der Waals surface area contributed by atoms with E-state index in [1.165, 1.54) is 0 Å². The van der Waals surface area contributed by atoms with Crippen LogP contribution >= 0.6 is 39.1 Å². The quantitative estimate of drug-likeness (QED) is 0.740. The molecular weight excluding hydrogens is 375 g/mol. The van der Waals surface area contributed by atoms with Crippen molar-refractivity contribution in [2.75, 3.05) is 17.2 Å². The summed E-state index contributed by atoms with van der Waals surface area (Å²) in [4.78, 5) is 11.8. The third kappa shape index (κ3) is 5.23. The van der Waals surface area contributed by atoms with Crippen LogP contribution in [0.2, 0.25) is 10.0 Å². The van der Waals surface area contributed by atoms with Gasteiger partial charge >= 0.3 is 0 Å². The molecule has 2 rings (SSSR count). The summed E-state index contributed by atoms with van der Waals surface area (Å²) in [6.07, 6.45) is 0.332. The Kier molecular flexibility index (Phi) is 5.91. The van der Waals surface area contributed by atoms with Gasteiger partial charge in [0.05, 0.1) is 10.7 Å². The number of hydrogen-bond donors (Lipinski definition) is 2. The highest BCUT2D eigenvalue weighted by Gasteiger charge is 2.04. The van der Waals surface area contributed by atoms with Crippen molar-refractivity contribution < 1.29 is 4.79 Å². The molecule has 110 valence electrons. The Morgan fingerprint density at radius 2 is 1.81 bits per heavy atom. The normalized spacial score (nSPS) is 10.2. The smallest absolute Gasteiger partial charge is 0.226 e. The summed E-state index contributed by atoms with van der Waals surface area (Å²) in [5.74, 6) is -0.0667. The summed E-state index contributed by atoms with van der Waals surface area (Å²) < 4.78 is 0.970. The van der Waals surface area contributed by atoms with Crippen LogP contribution in [-0.4, -0.2) is 12.5 Å². The second-order valence-corrected chi connectivity index (χ2v) is 6.12. The maximum absolute atomic E-state index is 11.8. The van der Waals surface area contributed by atoms with E-state index in [1.54, 1.807) is 18.2 Å². The lowest BCUT2D eigenvalue weighted by Gasteiger charge is -2.09. The first kappa shape index (κ1) is 16.1. The summed E-state index contributed by atoms with van der Waals surface area (Å²) in [6, 6.07) is 12.6. The number of carbonyl (C=O) groups excluding carboxylic acids is 1. The van der Waals surface area contributed by atoms with Crippen LogP contribution in [0.3, 0.4) is 0 Å². The predicted octanol–water partition coefficient (Wildman–Crippen LogP) is 5.20. The zero-order valence-corrected chi connectivity index (χ0v) is 14.1. The van der Waals surface area contributed by atoms with Gasteiger partial charge in [-0.2, -0.15) is 0 Å². The van der Waals surface area contributed by atoms with E-state index in [9.17, 15) is 4.79 Å². The number of hydrogen-bond acceptors (Lipinski definition) is 2. The van der Waals surface area contributed by atoms with Crippen molar-refractivity contribution >= 4 is 56.4 Å². The minimum Gasteiger partial charge on any atom is -0.383 e. The molecular formula is C15H13BrCl2N2O. The van der Waals surface area contributed by atoms with Crippen LogP contribution < -0.4 is 10.6 Å². The van der Waals surface area contributed by atoms with Crippen molar-refractivity contribution in [3.05, 3.63) is 57.0 Å². The van der Waals surface area contributed by atoms with Gasteiger partial charge in [-0.25, -0.2) is 0 Å². The molecule has 0 atom stereocenters. The summed E-state index contributed by atoms with van der Waals surface area (Å²) in [5, 5.41) is 7.09. The standard InChI is InChI=1S/C15H13BrCl2N2O/c16-10-1-4-12(5-2-10)20-15(21)7-8-19-14-9-11(17)3-6-13(14)18/h1-6,9,19H,7-8H2,(H,20,21). The fourth-order valence-electron chi connectivity index (χ4n) is 1.70. The SMILES string of the molecule is O=C(CCNc1cc(Cl)ccc1Cl)Nc1ccc(Br)cc1. The second-order valence-electron chi connectivity index (χ2n) is 4.36. The number of anilines is 2. The largest absolute Gasteiger partial charge is 0.383 e. The van der Waals surface area contributed by atoms with Crippen LogP contribution in [0.1, 0.15) is 6.42 Å². The highest BCUT2D eigenvalue weighted by molar-refractivity contribution is 9.10. The van der Waals surface area contributed by atoms with E-state index in [0.29, 0.717) is 23.0 Å². The molecule has 2 aromatic carbocycles. The van der Waals surface area contributed by atoms with Crippen LogP contribution in [0.25, 0.3) is 0 Å². The summed E-state index contributed by atoms with van der Waals surface area (Å²) in [7, 11) is 0. The minimum atomic E-state index is -0.0667. The van der Waals surface area contributed by atoms with Crippen LogP contribution in [0.4, 0.5) is 11.4 Å². The molecule has 0 saturated carbocycles. The highest BCUT2D eigenvalue weighted by atomic mass is 79.9. The topological polar surface area (TPSA) is 41.1 Å². The van der Waals surface area contributed by atoms with Crippen molar-refractivity contribution in [3.8, 4) is 0 Å². The highest BCUT2D eigenvalue weighted by Crippen LogP contribution is 2.25. The lowest BCUT2D eigenvalue weighted by molar-refractivity contribution is -0.115. The van der Waals surface area contributed by atoms with Gasteiger partial charge < -0.3 is 10.6 Å². The van der Waals surface area contributed by atoms with E-state index in [1.807, 2.05) is 24.3 Å². The van der Waals surface area contributed by atoms with Gasteiger partial charge in [0.2, 0.25) is 5.91 Å². The first-order valence-corrected chi connectivity index (χ1v) is 7.84. The van der Waals surface area contributed by atoms with E-state index >= 15 is 0 Å². The maximum Gasteiger partial charge on any atom is 0.226 e. The molecule has 2 N–H and O–H groups in total. The fraction of sp³-hybridized carbons (Fsp3) is 0.133. The summed E-state index contributed by atoms with van der Waals surface area (Å²) in [6.45, 7) is 0.475. The molecule has 2 aromatic rings. The second kappa shape index (κ2) is 7.69. The molecule has 0 spiro atoms. The zero-order valence-electron chi connectivity index (χ0n) is 11.0. The Morgan fingerprint density at radius 3 is 2.52 bits per heavy atom. The molecule has 1 amide bonds. The van der Waals surface area contributed by atoms with E-state index in [-0.39, 0.29) is 5.91 Å². The molecule has 0 saturated heterocycles. The number of benzene rings is 2. The molecule has 6 heteroatoms. The van der Waals surface area contributed by atoms with Crippen LogP contribution in [0.15, 0.2) is 46.9 Å². The number of amides is 1. The van der Waals surface area contributed by atoms with Gasteiger partial charge in [-0.1, -0.05) is 39.1 Å². The first-order chi connectivity index (χ1) is 10.0. The fourth-order valence-corrected chi connectivity index (χ4v) is 2.32. The monoisotopic (exact) mass is 386 g/mol. The van der Waals surface area contributed by atoms with E-state index < -0.39 is 0 Å². The third-order valence-corrected chi connectivity index (χ3v) is 3.82. The summed E-state index contributed by atoms with van der Waals surface area (Å²) >= 11 is 15.3. The van der Waals surface area contributed by atoms with Crippen LogP contribution in [0.5, 0.6) is 0 Å². The van der Waals surface area contributed by atoms with Crippen molar-refractivity contribution in [3.63, 3.8) is 0 Å². The molecule has 0 heterocycles. The number of carbonyl (C=O) groups is 1. The van der Waals surface area contributed by atoms with Gasteiger partial charge in [0.1, 0.15) is 0 Å². The van der Waals surface area contributed by atoms with Crippen LogP contribution in [0, 0.1) is 0 Å². The predicted molar refractivity (Wildman–Crippen MR) is 92.3 cm³/mol. The maximum atomic E-state index is 11.8. The van der Waals surface area contributed by atoms with Gasteiger partial charge in [0.25, 0.3) is 0 Å². The lowest BCUT2D eigenvalue weighted by Crippen LogP contribution is -2.16. The van der Waals surface area contributed by atoms with Crippen LogP contribution in [-0.2, 0) is 4.79 Å². The van der Waals surface area contributed by atoms with E-state index in [0.717, 1.165) is 15.8 Å². The molecule has 0 bridgehead atoms. The number of halogens is 3. The molecule has 0 aliphatic heterocycles. The number of nitrogens with one attached hydrogen (secondary N) is 2. The first-order valence-electron chi connectivity index (χ1n) is 6.29. The van der Waals surface area contributed by atoms with Crippen molar-refractivity contribution in [2.45, 2.75) is 6.42 Å². The van der Waals surface area contributed by atoms with E-state index in [2.05, 4.69) is 26.6 Å². The van der Waals surface area contributed by atoms with Gasteiger partial charge in [-0.15, -0.1) is 0 Å². The Hall–Kier alpha value is -1.23. The van der Waals surface area contributed by atoms with Crippen molar-refractivity contribution in [2.24, 2.45) is 0 Å². The summed E-state index contributed by atoms with van der Waals surface area (Å²) in [5.41, 5.74) is 1.49. The zero-order chi connectivity index (χ0) is 15.2. The van der Waals surface area contributed by atoms with Gasteiger partial charge in [-0.05, 0) is 42.5 Å². The molecule has 0 aromatic heterocycles. The Balaban J connectivity index is 1.81. The van der Waals surface area contributed by atoms with E-state index in [4.69, 9.17) is 23.2 Å². The Labute approximate surface area is 141 Å². The molecule has 0 aliphatic rings. The van der Waals surface area contributed by atoms with Gasteiger partial charge in [0, 0.05) is 28.1 Å². The van der Waals surface area contributed by atoms with Gasteiger partial charge in [-0.3, -0.25) is 4.79 Å².